The first-order chi connectivity index (χ1) is 14.6. The molecule has 2 aromatic heterocycles. The van der Waals surface area contributed by atoms with Crippen LogP contribution in [0.5, 0.6) is 0 Å². The summed E-state index contributed by atoms with van der Waals surface area (Å²) < 4.78 is 6.49. The maximum Gasteiger partial charge on any atom is 0.409 e. The topological polar surface area (TPSA) is 87.5 Å². The SMILES string of the molecule is CCOC(=O)N1CCN([C@@H]2CCCN(C(=O)c3cnc4ccccn4c3=O)C2)CC1. The second kappa shape index (κ2) is 8.83. The highest BCUT2D eigenvalue weighted by molar-refractivity contribution is 5.93. The van der Waals surface area contributed by atoms with Crippen molar-refractivity contribution in [2.45, 2.75) is 25.8 Å². The van der Waals surface area contributed by atoms with E-state index in [9.17, 15) is 14.4 Å². The first kappa shape index (κ1) is 20.3. The van der Waals surface area contributed by atoms with Crippen molar-refractivity contribution in [3.05, 3.63) is 46.5 Å². The summed E-state index contributed by atoms with van der Waals surface area (Å²) >= 11 is 0. The number of ether oxygens (including phenoxy) is 1. The average Bonchev–Trinajstić information content (AvgIpc) is 2.79. The van der Waals surface area contributed by atoms with Gasteiger partial charge in [0.15, 0.2) is 0 Å². The zero-order chi connectivity index (χ0) is 21.1. The van der Waals surface area contributed by atoms with Crippen LogP contribution in [0.25, 0.3) is 5.65 Å². The third-order valence-electron chi connectivity index (χ3n) is 5.88. The lowest BCUT2D eigenvalue weighted by atomic mass is 10.0. The van der Waals surface area contributed by atoms with Gasteiger partial charge in [-0.3, -0.25) is 18.9 Å². The van der Waals surface area contributed by atoms with E-state index in [1.165, 1.54) is 10.6 Å². The van der Waals surface area contributed by atoms with E-state index in [1.807, 2.05) is 0 Å². The summed E-state index contributed by atoms with van der Waals surface area (Å²) in [5.74, 6) is -0.263. The van der Waals surface area contributed by atoms with Crippen LogP contribution < -0.4 is 5.56 Å². The third-order valence-corrected chi connectivity index (χ3v) is 5.88. The van der Waals surface area contributed by atoms with Gasteiger partial charge >= 0.3 is 6.09 Å². The number of piperidine rings is 1. The number of hydrogen-bond acceptors (Lipinski definition) is 6. The summed E-state index contributed by atoms with van der Waals surface area (Å²) in [7, 11) is 0. The second-order valence-electron chi connectivity index (χ2n) is 7.68. The minimum Gasteiger partial charge on any atom is -0.450 e. The molecule has 4 rings (SSSR count). The molecule has 2 saturated heterocycles. The second-order valence-corrected chi connectivity index (χ2v) is 7.68. The molecular formula is C21H27N5O4. The number of amides is 2. The van der Waals surface area contributed by atoms with Gasteiger partial charge in [-0.1, -0.05) is 6.07 Å². The summed E-state index contributed by atoms with van der Waals surface area (Å²) in [5.41, 5.74) is 0.289. The van der Waals surface area contributed by atoms with Crippen LogP contribution in [0.15, 0.2) is 35.4 Å². The van der Waals surface area contributed by atoms with Crippen molar-refractivity contribution < 1.29 is 14.3 Å². The molecule has 0 bridgehead atoms. The van der Waals surface area contributed by atoms with Crippen LogP contribution in [0.2, 0.25) is 0 Å². The van der Waals surface area contributed by atoms with Gasteiger partial charge in [0.2, 0.25) is 0 Å². The van der Waals surface area contributed by atoms with Crippen LogP contribution in [0, 0.1) is 0 Å². The number of carbonyl (C=O) groups excluding carboxylic acids is 2. The molecule has 160 valence electrons. The van der Waals surface area contributed by atoms with E-state index in [0.29, 0.717) is 38.4 Å². The predicted octanol–water partition coefficient (Wildman–Crippen LogP) is 1.07. The highest BCUT2D eigenvalue weighted by Gasteiger charge is 2.32. The van der Waals surface area contributed by atoms with Crippen LogP contribution >= 0.6 is 0 Å². The lowest BCUT2D eigenvalue weighted by Gasteiger charge is -2.43. The van der Waals surface area contributed by atoms with Gasteiger partial charge in [-0.25, -0.2) is 9.78 Å². The minimum absolute atomic E-state index is 0.103. The van der Waals surface area contributed by atoms with Crippen LogP contribution in [0.4, 0.5) is 4.79 Å². The summed E-state index contributed by atoms with van der Waals surface area (Å²) in [6.07, 6.45) is 4.64. The zero-order valence-electron chi connectivity index (χ0n) is 17.2. The third kappa shape index (κ3) is 4.02. The molecule has 4 heterocycles. The number of rotatable bonds is 3. The van der Waals surface area contributed by atoms with Gasteiger partial charge in [0.25, 0.3) is 11.5 Å². The van der Waals surface area contributed by atoms with Crippen molar-refractivity contribution >= 4 is 17.6 Å². The Morgan fingerprint density at radius 2 is 1.93 bits per heavy atom. The molecular weight excluding hydrogens is 386 g/mol. The van der Waals surface area contributed by atoms with E-state index in [-0.39, 0.29) is 29.2 Å². The summed E-state index contributed by atoms with van der Waals surface area (Å²) in [6.45, 7) is 6.15. The number of aromatic nitrogens is 2. The van der Waals surface area contributed by atoms with Crippen molar-refractivity contribution in [1.82, 2.24) is 24.1 Å². The van der Waals surface area contributed by atoms with Crippen LogP contribution in [0.1, 0.15) is 30.1 Å². The molecule has 2 fully saturated rings. The lowest BCUT2D eigenvalue weighted by molar-refractivity contribution is 0.0377. The molecule has 2 aliphatic rings. The number of fused-ring (bicyclic) bond motifs is 1. The highest BCUT2D eigenvalue weighted by atomic mass is 16.6. The Bertz CT molecular complexity index is 983. The maximum atomic E-state index is 13.1. The van der Waals surface area contributed by atoms with Crippen molar-refractivity contribution in [1.29, 1.82) is 0 Å². The van der Waals surface area contributed by atoms with Gasteiger partial charge < -0.3 is 14.5 Å². The average molecular weight is 413 g/mol. The van der Waals surface area contributed by atoms with E-state index in [2.05, 4.69) is 9.88 Å². The quantitative estimate of drug-likeness (QED) is 0.748. The van der Waals surface area contributed by atoms with Crippen LogP contribution in [-0.2, 0) is 4.74 Å². The molecule has 0 unspecified atom stereocenters. The van der Waals surface area contributed by atoms with Gasteiger partial charge in [-0.15, -0.1) is 0 Å². The normalized spacial score (nSPS) is 20.4. The largest absolute Gasteiger partial charge is 0.450 e. The monoisotopic (exact) mass is 413 g/mol. The van der Waals surface area contributed by atoms with Crippen molar-refractivity contribution in [3.8, 4) is 0 Å². The molecule has 2 aromatic rings. The van der Waals surface area contributed by atoms with Gasteiger partial charge in [0, 0.05) is 57.7 Å². The Morgan fingerprint density at radius 3 is 2.70 bits per heavy atom. The summed E-state index contributed by atoms with van der Waals surface area (Å²) in [6, 6.07) is 5.52. The molecule has 9 heteroatoms. The van der Waals surface area contributed by atoms with Gasteiger partial charge in [0.1, 0.15) is 11.2 Å². The fourth-order valence-corrected chi connectivity index (χ4v) is 4.27. The first-order valence-electron chi connectivity index (χ1n) is 10.5. The van der Waals surface area contributed by atoms with Gasteiger partial charge in [-0.05, 0) is 31.9 Å². The fraction of sp³-hybridized carbons (Fsp3) is 0.524. The summed E-state index contributed by atoms with van der Waals surface area (Å²) in [4.78, 5) is 47.8. The number of likely N-dealkylation sites (tertiary alicyclic amines) is 1. The lowest BCUT2D eigenvalue weighted by Crippen LogP contribution is -2.56. The van der Waals surface area contributed by atoms with E-state index in [4.69, 9.17) is 4.74 Å². The standard InChI is InChI=1S/C21H27N5O4/c1-2-30-21(29)24-12-10-23(11-13-24)16-6-5-8-25(15-16)19(27)17-14-22-18-7-3-4-9-26(18)20(17)28/h3-4,7,9,14,16H,2,5-6,8,10-13,15H2,1H3/t16-/m1/s1. The minimum atomic E-state index is -0.337. The molecule has 9 nitrogen and oxygen atoms in total. The Kier molecular flexibility index (Phi) is 5.98. The van der Waals surface area contributed by atoms with E-state index in [1.54, 1.807) is 41.1 Å². The number of hydrogen-bond donors (Lipinski definition) is 0. The molecule has 0 saturated carbocycles. The number of carbonyl (C=O) groups is 2. The van der Waals surface area contributed by atoms with Gasteiger partial charge in [0.05, 0.1) is 6.61 Å². The van der Waals surface area contributed by atoms with Gasteiger partial charge in [-0.2, -0.15) is 0 Å². The predicted molar refractivity (Wildman–Crippen MR) is 111 cm³/mol. The smallest absolute Gasteiger partial charge is 0.409 e. The highest BCUT2D eigenvalue weighted by Crippen LogP contribution is 2.19. The fourth-order valence-electron chi connectivity index (χ4n) is 4.27. The van der Waals surface area contributed by atoms with Crippen molar-refractivity contribution in [3.63, 3.8) is 0 Å². The number of pyridine rings is 1. The number of nitrogens with zero attached hydrogens (tertiary/aromatic N) is 5. The molecule has 0 spiro atoms. The Labute approximate surface area is 174 Å². The zero-order valence-corrected chi connectivity index (χ0v) is 17.2. The molecule has 1 atom stereocenters. The molecule has 2 amide bonds. The Hall–Kier alpha value is -2.94. The molecule has 0 aromatic carbocycles. The van der Waals surface area contributed by atoms with Crippen molar-refractivity contribution in [2.75, 3.05) is 45.9 Å². The molecule has 0 radical (unpaired) electrons. The summed E-state index contributed by atoms with van der Waals surface area (Å²) in [5, 5.41) is 0. The van der Waals surface area contributed by atoms with E-state index >= 15 is 0 Å². The van der Waals surface area contributed by atoms with E-state index in [0.717, 1.165) is 25.9 Å². The number of piperazine rings is 1. The molecule has 30 heavy (non-hydrogen) atoms. The van der Waals surface area contributed by atoms with Crippen molar-refractivity contribution in [2.24, 2.45) is 0 Å². The first-order valence-corrected chi connectivity index (χ1v) is 10.5. The maximum absolute atomic E-state index is 13.1. The molecule has 0 aliphatic carbocycles. The molecule has 0 N–H and O–H groups in total. The molecule has 2 aliphatic heterocycles. The Morgan fingerprint density at radius 1 is 1.13 bits per heavy atom. The van der Waals surface area contributed by atoms with E-state index < -0.39 is 0 Å². The van der Waals surface area contributed by atoms with Crippen LogP contribution in [0.3, 0.4) is 0 Å². The Balaban J connectivity index is 1.42. The van der Waals surface area contributed by atoms with Crippen LogP contribution in [-0.4, -0.2) is 88.0 Å².